The Kier molecular flexibility index (Phi) is 6.74. The summed E-state index contributed by atoms with van der Waals surface area (Å²) in [6, 6.07) is 3.50. The first-order valence-electron chi connectivity index (χ1n) is 12.6. The number of nitrogens with two attached hydrogens (primary N) is 2. The maximum Gasteiger partial charge on any atom is 0.202 e. The van der Waals surface area contributed by atoms with Crippen LogP contribution < -0.4 is 16.2 Å². The number of aliphatic hydroxyl groups is 3. The largest absolute Gasteiger partial charge is 0.507 e. The molecule has 5 rings (SSSR count). The molecule has 0 amide bonds. The summed E-state index contributed by atoms with van der Waals surface area (Å²) in [4.78, 5) is 39.9. The average molecular weight is 559 g/mol. The molecule has 1 aliphatic heterocycles. The number of rotatable bonds is 5. The number of carbonyl (C=O) groups is 3. The molecule has 214 valence electrons. The highest BCUT2D eigenvalue weighted by Gasteiger charge is 2.55. The van der Waals surface area contributed by atoms with Crippen molar-refractivity contribution in [2.75, 3.05) is 13.7 Å². The summed E-state index contributed by atoms with van der Waals surface area (Å²) in [5, 5.41) is 54.0. The minimum atomic E-state index is -2.40. The molecular weight excluding hydrogens is 528 g/mol. The number of hydrogen-bond donors (Lipinski definition) is 7. The van der Waals surface area contributed by atoms with Gasteiger partial charge in [-0.05, 0) is 13.0 Å². The van der Waals surface area contributed by atoms with Crippen LogP contribution >= 0.6 is 0 Å². The molecule has 1 saturated heterocycles. The first kappa shape index (κ1) is 28.1. The molecule has 9 N–H and O–H groups in total. The standard InChI is InChI=1S/C27H30N2O11/c1-10-21(32)13(28)6-16(39-10)40-27(29)9-26(37,15(31)8-30)7-12-20(27)25(36)19-18(23(12)34)22(33)11-4-3-5-14(38-2)17(11)24(19)35/h3-5,10,13,16,21,30,32,34,36-37H,6-9,28-29H2,1-2H3. The van der Waals surface area contributed by atoms with E-state index >= 15 is 0 Å². The van der Waals surface area contributed by atoms with Crippen molar-refractivity contribution in [3.63, 3.8) is 0 Å². The summed E-state index contributed by atoms with van der Waals surface area (Å²) in [5.41, 5.74) is 5.94. The van der Waals surface area contributed by atoms with Crippen molar-refractivity contribution in [3.05, 3.63) is 51.6 Å². The first-order chi connectivity index (χ1) is 18.8. The number of Topliss-reactive ketones (excluding diaryl/α,β-unsaturated/α-hetero) is 1. The van der Waals surface area contributed by atoms with E-state index in [2.05, 4.69) is 0 Å². The van der Waals surface area contributed by atoms with Crippen molar-refractivity contribution in [1.29, 1.82) is 0 Å². The van der Waals surface area contributed by atoms with Gasteiger partial charge in [0, 0.05) is 42.0 Å². The number of ether oxygens (including phenoxy) is 3. The van der Waals surface area contributed by atoms with Crippen molar-refractivity contribution in [1.82, 2.24) is 0 Å². The van der Waals surface area contributed by atoms with Crippen LogP contribution in [0.4, 0.5) is 0 Å². The molecule has 0 radical (unpaired) electrons. The second-order valence-electron chi connectivity index (χ2n) is 10.5. The number of aromatic hydroxyl groups is 2. The Hall–Kier alpha value is -3.43. The molecule has 13 heteroatoms. The van der Waals surface area contributed by atoms with Gasteiger partial charge in [0.25, 0.3) is 0 Å². The summed E-state index contributed by atoms with van der Waals surface area (Å²) in [6.07, 6.45) is -4.51. The van der Waals surface area contributed by atoms with E-state index in [-0.39, 0.29) is 34.4 Å². The number of hydrogen-bond acceptors (Lipinski definition) is 13. The second kappa shape index (κ2) is 9.59. The third-order valence-corrected chi connectivity index (χ3v) is 7.92. The van der Waals surface area contributed by atoms with E-state index in [4.69, 9.17) is 25.7 Å². The molecule has 40 heavy (non-hydrogen) atoms. The molecule has 0 aromatic heterocycles. The van der Waals surface area contributed by atoms with E-state index in [1.54, 1.807) is 6.92 Å². The Bertz CT molecular complexity index is 1430. The molecule has 2 aromatic rings. The zero-order valence-electron chi connectivity index (χ0n) is 21.7. The highest BCUT2D eigenvalue weighted by atomic mass is 16.7. The number of fused-ring (bicyclic) bond motifs is 3. The van der Waals surface area contributed by atoms with Gasteiger partial charge in [-0.1, -0.05) is 12.1 Å². The van der Waals surface area contributed by atoms with Crippen LogP contribution in [0.25, 0.3) is 0 Å². The molecule has 6 unspecified atom stereocenters. The molecule has 2 aromatic carbocycles. The van der Waals surface area contributed by atoms with Crippen LogP contribution in [0, 0.1) is 0 Å². The monoisotopic (exact) mass is 558 g/mol. The predicted octanol–water partition coefficient (Wildman–Crippen LogP) is -0.928. The zero-order chi connectivity index (χ0) is 29.3. The lowest BCUT2D eigenvalue weighted by molar-refractivity contribution is -0.277. The zero-order valence-corrected chi connectivity index (χ0v) is 21.7. The highest BCUT2D eigenvalue weighted by molar-refractivity contribution is 6.31. The number of phenols is 2. The van der Waals surface area contributed by atoms with Crippen LogP contribution in [-0.2, 0) is 26.4 Å². The van der Waals surface area contributed by atoms with E-state index in [0.29, 0.717) is 0 Å². The maximum atomic E-state index is 13.7. The Morgan fingerprint density at radius 2 is 1.82 bits per heavy atom. The number of phenolic OH excluding ortho intramolecular Hbond substituents is 2. The first-order valence-corrected chi connectivity index (χ1v) is 12.6. The van der Waals surface area contributed by atoms with Crippen LogP contribution in [0.1, 0.15) is 62.7 Å². The topological polar surface area (TPSA) is 232 Å². The number of aliphatic hydroxyl groups excluding tert-OH is 2. The van der Waals surface area contributed by atoms with Crippen LogP contribution in [0.2, 0.25) is 0 Å². The molecule has 1 heterocycles. The molecule has 6 atom stereocenters. The van der Waals surface area contributed by atoms with Gasteiger partial charge in [0.1, 0.15) is 29.5 Å². The number of benzene rings is 2. The van der Waals surface area contributed by atoms with Crippen LogP contribution in [0.15, 0.2) is 18.2 Å². The van der Waals surface area contributed by atoms with Crippen LogP contribution in [0.3, 0.4) is 0 Å². The summed E-state index contributed by atoms with van der Waals surface area (Å²) < 4.78 is 16.9. The predicted molar refractivity (Wildman–Crippen MR) is 135 cm³/mol. The molecule has 0 spiro atoms. The summed E-state index contributed by atoms with van der Waals surface area (Å²) in [6.45, 7) is 0.455. The van der Waals surface area contributed by atoms with Gasteiger partial charge in [-0.2, -0.15) is 0 Å². The molecule has 0 saturated carbocycles. The Morgan fingerprint density at radius 3 is 2.45 bits per heavy atom. The van der Waals surface area contributed by atoms with E-state index in [0.717, 1.165) is 0 Å². The van der Waals surface area contributed by atoms with E-state index in [9.17, 15) is 39.9 Å². The van der Waals surface area contributed by atoms with Gasteiger partial charge in [-0.15, -0.1) is 0 Å². The quantitative estimate of drug-likeness (QED) is 0.148. The van der Waals surface area contributed by atoms with Crippen molar-refractivity contribution < 1.29 is 54.1 Å². The Balaban J connectivity index is 1.73. The van der Waals surface area contributed by atoms with Crippen LogP contribution in [-0.4, -0.2) is 86.7 Å². The van der Waals surface area contributed by atoms with Gasteiger partial charge in [0.15, 0.2) is 23.6 Å². The fourth-order valence-electron chi connectivity index (χ4n) is 5.95. The fourth-order valence-corrected chi connectivity index (χ4v) is 5.95. The van der Waals surface area contributed by atoms with E-state index in [1.165, 1.54) is 25.3 Å². The van der Waals surface area contributed by atoms with E-state index in [1.807, 2.05) is 0 Å². The van der Waals surface area contributed by atoms with Crippen molar-refractivity contribution in [2.45, 2.75) is 62.1 Å². The van der Waals surface area contributed by atoms with Crippen molar-refractivity contribution in [3.8, 4) is 17.2 Å². The smallest absolute Gasteiger partial charge is 0.202 e. The molecule has 0 bridgehead atoms. The molecule has 3 aliphatic rings. The lowest BCUT2D eigenvalue weighted by Crippen LogP contribution is -2.60. The molecule has 13 nitrogen and oxygen atoms in total. The van der Waals surface area contributed by atoms with E-state index < -0.39 is 95.3 Å². The van der Waals surface area contributed by atoms with Gasteiger partial charge >= 0.3 is 0 Å². The number of ketones is 3. The summed E-state index contributed by atoms with van der Waals surface area (Å²) >= 11 is 0. The fraction of sp³-hybridized carbons (Fsp3) is 0.444. The normalized spacial score (nSPS) is 31.3. The van der Waals surface area contributed by atoms with Gasteiger partial charge in [-0.25, -0.2) is 0 Å². The molecule has 1 fully saturated rings. The van der Waals surface area contributed by atoms with Crippen molar-refractivity contribution in [2.24, 2.45) is 11.5 Å². The minimum Gasteiger partial charge on any atom is -0.507 e. The average Bonchev–Trinajstić information content (AvgIpc) is 2.90. The summed E-state index contributed by atoms with van der Waals surface area (Å²) in [5.74, 6) is -4.23. The van der Waals surface area contributed by atoms with Gasteiger partial charge in [0.05, 0.1) is 36.0 Å². The Morgan fingerprint density at radius 1 is 1.15 bits per heavy atom. The second-order valence-corrected chi connectivity index (χ2v) is 10.5. The third-order valence-electron chi connectivity index (χ3n) is 7.92. The summed E-state index contributed by atoms with van der Waals surface area (Å²) in [7, 11) is 1.30. The lowest BCUT2D eigenvalue weighted by Gasteiger charge is -2.47. The SMILES string of the molecule is COc1cccc2c1C(=O)c1c(O)c3c(c(O)c1C2=O)CC(O)(C(=O)CO)CC3(N)OC1CC(N)C(O)C(C)O1. The number of carbonyl (C=O) groups excluding carboxylic acids is 3. The lowest BCUT2D eigenvalue weighted by atomic mass is 9.69. The van der Waals surface area contributed by atoms with Gasteiger partial charge < -0.3 is 45.5 Å². The van der Waals surface area contributed by atoms with Gasteiger partial charge in [0.2, 0.25) is 5.78 Å². The van der Waals surface area contributed by atoms with Gasteiger partial charge in [-0.3, -0.25) is 20.1 Å². The number of methoxy groups -OCH3 is 1. The van der Waals surface area contributed by atoms with Crippen molar-refractivity contribution >= 4 is 17.3 Å². The minimum absolute atomic E-state index is 0.0634. The molecular formula is C27H30N2O11. The third kappa shape index (κ3) is 4.01. The molecule has 2 aliphatic carbocycles. The highest BCUT2D eigenvalue weighted by Crippen LogP contribution is 2.53. The van der Waals surface area contributed by atoms with Crippen LogP contribution in [0.5, 0.6) is 17.2 Å². The Labute approximate surface area is 227 Å². The maximum absolute atomic E-state index is 13.7.